The molecule has 1 saturated heterocycles. The van der Waals surface area contributed by atoms with Gasteiger partial charge in [0.05, 0.1) is 7.11 Å². The molecule has 2 aromatic rings. The van der Waals surface area contributed by atoms with E-state index < -0.39 is 0 Å². The topological polar surface area (TPSA) is 12.5 Å². The molecular weight excluding hydrogens is 294 g/mol. The van der Waals surface area contributed by atoms with Crippen LogP contribution in [0.2, 0.25) is 0 Å². The van der Waals surface area contributed by atoms with Crippen LogP contribution in [0.25, 0.3) is 0 Å². The molecule has 0 spiro atoms. The Bertz CT molecular complexity index is 639. The maximum Gasteiger partial charge on any atom is 0.119 e. The van der Waals surface area contributed by atoms with Crippen molar-refractivity contribution in [2.75, 3.05) is 26.7 Å². The van der Waals surface area contributed by atoms with Crippen LogP contribution in [0.5, 0.6) is 5.75 Å². The Morgan fingerprint density at radius 3 is 2.67 bits per heavy atom. The Hall–Kier alpha value is -1.80. The van der Waals surface area contributed by atoms with E-state index in [4.69, 9.17) is 4.74 Å². The normalized spacial score (nSPS) is 21.1. The van der Waals surface area contributed by atoms with Crippen LogP contribution in [-0.2, 0) is 11.8 Å². The van der Waals surface area contributed by atoms with Crippen LogP contribution >= 0.6 is 0 Å². The molecule has 1 aliphatic rings. The first-order valence-electron chi connectivity index (χ1n) is 9.16. The van der Waals surface area contributed by atoms with Gasteiger partial charge in [-0.2, -0.15) is 0 Å². The number of nitrogens with zero attached hydrogens (tertiary/aromatic N) is 1. The van der Waals surface area contributed by atoms with E-state index in [-0.39, 0.29) is 0 Å². The Labute approximate surface area is 146 Å². The highest BCUT2D eigenvalue weighted by molar-refractivity contribution is 5.35. The lowest BCUT2D eigenvalue weighted by Gasteiger charge is -2.30. The first-order chi connectivity index (χ1) is 11.8. The van der Waals surface area contributed by atoms with Gasteiger partial charge >= 0.3 is 0 Å². The van der Waals surface area contributed by atoms with Gasteiger partial charge in [0, 0.05) is 18.5 Å². The number of benzene rings is 2. The van der Waals surface area contributed by atoms with E-state index >= 15 is 0 Å². The van der Waals surface area contributed by atoms with Crippen molar-refractivity contribution in [2.24, 2.45) is 0 Å². The fourth-order valence-electron chi connectivity index (χ4n) is 4.10. The van der Waals surface area contributed by atoms with Gasteiger partial charge in [-0.1, -0.05) is 55.8 Å². The van der Waals surface area contributed by atoms with Gasteiger partial charge in [-0.15, -0.1) is 0 Å². The van der Waals surface area contributed by atoms with Gasteiger partial charge in [0.15, 0.2) is 0 Å². The molecule has 0 amide bonds. The summed E-state index contributed by atoms with van der Waals surface area (Å²) >= 11 is 0. The summed E-state index contributed by atoms with van der Waals surface area (Å²) in [4.78, 5) is 2.64. The second kappa shape index (κ2) is 7.85. The third-order valence-corrected chi connectivity index (χ3v) is 5.40. The maximum absolute atomic E-state index is 5.46. The van der Waals surface area contributed by atoms with Crippen LogP contribution in [0.3, 0.4) is 0 Å². The average Bonchev–Trinajstić information content (AvgIpc) is 3.06. The number of hydrogen-bond acceptors (Lipinski definition) is 2. The van der Waals surface area contributed by atoms with Crippen molar-refractivity contribution in [1.82, 2.24) is 4.90 Å². The zero-order valence-corrected chi connectivity index (χ0v) is 15.0. The highest BCUT2D eigenvalue weighted by Gasteiger charge is 2.38. The minimum absolute atomic E-state index is 0.292. The van der Waals surface area contributed by atoms with E-state index in [1.165, 1.54) is 43.5 Å². The van der Waals surface area contributed by atoms with Crippen molar-refractivity contribution in [1.29, 1.82) is 0 Å². The zero-order chi connectivity index (χ0) is 16.8. The molecule has 1 atom stereocenters. The summed E-state index contributed by atoms with van der Waals surface area (Å²) in [7, 11) is 1.76. The lowest BCUT2D eigenvalue weighted by atomic mass is 9.76. The van der Waals surface area contributed by atoms with Crippen molar-refractivity contribution in [2.45, 2.75) is 38.0 Å². The molecule has 1 aliphatic heterocycles. The first kappa shape index (κ1) is 17.0. The van der Waals surface area contributed by atoms with Crippen LogP contribution in [0.1, 0.15) is 37.3 Å². The van der Waals surface area contributed by atoms with Gasteiger partial charge in [0.2, 0.25) is 0 Å². The van der Waals surface area contributed by atoms with E-state index in [0.717, 1.165) is 18.7 Å². The quantitative estimate of drug-likeness (QED) is 0.733. The summed E-state index contributed by atoms with van der Waals surface area (Å²) in [6.07, 6.45) is 4.87. The van der Waals surface area contributed by atoms with Crippen molar-refractivity contribution in [3.8, 4) is 5.75 Å². The Morgan fingerprint density at radius 1 is 1.08 bits per heavy atom. The summed E-state index contributed by atoms with van der Waals surface area (Å²) in [5.41, 5.74) is 3.18. The van der Waals surface area contributed by atoms with E-state index in [1.54, 1.807) is 7.11 Å². The molecule has 0 bridgehead atoms. The number of rotatable bonds is 7. The fourth-order valence-corrected chi connectivity index (χ4v) is 4.10. The first-order valence-corrected chi connectivity index (χ1v) is 9.16. The van der Waals surface area contributed by atoms with Crippen LogP contribution in [0.15, 0.2) is 54.6 Å². The molecule has 2 aromatic carbocycles. The van der Waals surface area contributed by atoms with Crippen LogP contribution in [-0.4, -0.2) is 31.6 Å². The van der Waals surface area contributed by atoms with Crippen molar-refractivity contribution in [3.63, 3.8) is 0 Å². The lowest BCUT2D eigenvalue weighted by molar-refractivity contribution is 0.304. The molecule has 1 fully saturated rings. The second-order valence-corrected chi connectivity index (χ2v) is 7.02. The molecule has 24 heavy (non-hydrogen) atoms. The Kier molecular flexibility index (Phi) is 5.57. The second-order valence-electron chi connectivity index (χ2n) is 7.02. The average molecular weight is 323 g/mol. The predicted molar refractivity (Wildman–Crippen MR) is 101 cm³/mol. The maximum atomic E-state index is 5.46. The summed E-state index contributed by atoms with van der Waals surface area (Å²) in [5, 5.41) is 0. The summed E-state index contributed by atoms with van der Waals surface area (Å²) in [6, 6.07) is 19.6. The summed E-state index contributed by atoms with van der Waals surface area (Å²) in [5.74, 6) is 0.978. The molecule has 1 heterocycles. The number of methoxy groups -OCH3 is 1. The minimum atomic E-state index is 0.292. The highest BCUT2D eigenvalue weighted by Crippen LogP contribution is 2.39. The fraction of sp³-hybridized carbons (Fsp3) is 0.455. The van der Waals surface area contributed by atoms with Crippen LogP contribution in [0, 0.1) is 0 Å². The van der Waals surface area contributed by atoms with Gasteiger partial charge in [0.1, 0.15) is 5.75 Å². The molecule has 0 aliphatic carbocycles. The molecule has 0 N–H and O–H groups in total. The van der Waals surface area contributed by atoms with Crippen LogP contribution < -0.4 is 4.74 Å². The van der Waals surface area contributed by atoms with Crippen molar-refractivity contribution < 1.29 is 4.74 Å². The number of ether oxygens (including phenoxy) is 1. The molecule has 1 unspecified atom stereocenters. The lowest BCUT2D eigenvalue weighted by Crippen LogP contribution is -2.32. The summed E-state index contributed by atoms with van der Waals surface area (Å²) in [6.45, 7) is 5.82. The highest BCUT2D eigenvalue weighted by atomic mass is 16.5. The van der Waals surface area contributed by atoms with Gasteiger partial charge in [-0.3, -0.25) is 0 Å². The van der Waals surface area contributed by atoms with Crippen molar-refractivity contribution in [3.05, 3.63) is 65.7 Å². The number of likely N-dealkylation sites (tertiary alicyclic amines) is 1. The van der Waals surface area contributed by atoms with Gasteiger partial charge in [-0.05, 0) is 49.1 Å². The van der Waals surface area contributed by atoms with Gasteiger partial charge in [0.25, 0.3) is 0 Å². The third-order valence-electron chi connectivity index (χ3n) is 5.40. The standard InChI is InChI=1S/C22H29NO/c1-3-13-22(20-10-7-11-21(17-20)24-2)14-16-23(18-22)15-12-19-8-5-4-6-9-19/h4-11,17H,3,12-16,18H2,1-2H3. The SMILES string of the molecule is CCCC1(c2cccc(OC)c2)CCN(CCc2ccccc2)C1. The van der Waals surface area contributed by atoms with E-state index in [9.17, 15) is 0 Å². The Balaban J connectivity index is 1.70. The molecule has 0 radical (unpaired) electrons. The molecule has 3 rings (SSSR count). The molecule has 2 heteroatoms. The molecular formula is C22H29NO. The van der Waals surface area contributed by atoms with E-state index in [1.807, 2.05) is 6.07 Å². The summed E-state index contributed by atoms with van der Waals surface area (Å²) < 4.78 is 5.46. The van der Waals surface area contributed by atoms with Gasteiger partial charge in [-0.25, -0.2) is 0 Å². The molecule has 2 nitrogen and oxygen atoms in total. The molecule has 0 saturated carbocycles. The monoisotopic (exact) mass is 323 g/mol. The van der Waals surface area contributed by atoms with E-state index in [2.05, 4.69) is 60.4 Å². The van der Waals surface area contributed by atoms with Crippen LogP contribution in [0.4, 0.5) is 0 Å². The Morgan fingerprint density at radius 2 is 1.92 bits per heavy atom. The van der Waals surface area contributed by atoms with Gasteiger partial charge < -0.3 is 9.64 Å². The minimum Gasteiger partial charge on any atom is -0.497 e. The largest absolute Gasteiger partial charge is 0.497 e. The van der Waals surface area contributed by atoms with Crippen molar-refractivity contribution >= 4 is 0 Å². The third kappa shape index (κ3) is 3.81. The zero-order valence-electron chi connectivity index (χ0n) is 15.0. The van der Waals surface area contributed by atoms with E-state index in [0.29, 0.717) is 5.41 Å². The number of hydrogen-bond donors (Lipinski definition) is 0. The predicted octanol–water partition coefficient (Wildman–Crippen LogP) is 4.68. The molecule has 128 valence electrons. The smallest absolute Gasteiger partial charge is 0.119 e. The molecule has 0 aromatic heterocycles.